The van der Waals surface area contributed by atoms with Crippen LogP contribution >= 0.6 is 0 Å². The van der Waals surface area contributed by atoms with Crippen LogP contribution in [0.3, 0.4) is 0 Å². The molecule has 0 atom stereocenters. The lowest BCUT2D eigenvalue weighted by molar-refractivity contribution is 0.480. The zero-order valence-corrected chi connectivity index (χ0v) is 10.9. The van der Waals surface area contributed by atoms with Gasteiger partial charge in [0.15, 0.2) is 5.75 Å². The molecule has 4 nitrogen and oxygen atoms in total. The lowest BCUT2D eigenvalue weighted by Crippen LogP contribution is -2.11. The Kier molecular flexibility index (Phi) is 4.36. The fourth-order valence-electron chi connectivity index (χ4n) is 1.69. The normalized spacial score (nSPS) is 10.6. The van der Waals surface area contributed by atoms with E-state index in [9.17, 15) is 0 Å². The number of ether oxygens (including phenoxy) is 1. The summed E-state index contributed by atoms with van der Waals surface area (Å²) in [6, 6.07) is 8.10. The van der Waals surface area contributed by atoms with Gasteiger partial charge in [-0.2, -0.15) is 5.10 Å². The van der Waals surface area contributed by atoms with Gasteiger partial charge in [-0.05, 0) is 31.2 Å². The van der Waals surface area contributed by atoms with Crippen molar-refractivity contribution in [2.45, 2.75) is 26.9 Å². The Morgan fingerprint density at radius 1 is 1.28 bits per heavy atom. The highest BCUT2D eigenvalue weighted by Gasteiger charge is 2.01. The predicted molar refractivity (Wildman–Crippen MR) is 71.8 cm³/mol. The highest BCUT2D eigenvalue weighted by Crippen LogP contribution is 2.21. The molecule has 1 heterocycles. The van der Waals surface area contributed by atoms with Crippen molar-refractivity contribution < 1.29 is 4.74 Å². The van der Waals surface area contributed by atoms with Crippen LogP contribution < -0.4 is 10.1 Å². The van der Waals surface area contributed by atoms with Gasteiger partial charge in [-0.1, -0.05) is 19.1 Å². The van der Waals surface area contributed by atoms with Crippen molar-refractivity contribution in [2.75, 3.05) is 6.54 Å². The van der Waals surface area contributed by atoms with E-state index in [0.29, 0.717) is 0 Å². The number of rotatable bonds is 6. The topological polar surface area (TPSA) is 39.1 Å². The molecule has 0 radical (unpaired) electrons. The van der Waals surface area contributed by atoms with Crippen molar-refractivity contribution in [3.63, 3.8) is 0 Å². The summed E-state index contributed by atoms with van der Waals surface area (Å²) in [4.78, 5) is 0. The van der Waals surface area contributed by atoms with Gasteiger partial charge in [0, 0.05) is 13.1 Å². The van der Waals surface area contributed by atoms with Gasteiger partial charge in [0.1, 0.15) is 5.75 Å². The fourth-order valence-corrected chi connectivity index (χ4v) is 1.69. The van der Waals surface area contributed by atoms with E-state index in [1.807, 2.05) is 36.0 Å². The van der Waals surface area contributed by atoms with E-state index in [4.69, 9.17) is 4.74 Å². The highest BCUT2D eigenvalue weighted by molar-refractivity contribution is 5.32. The SMILES string of the molecule is CCNCc1cccc(Oc2cnn(CC)c2)c1. The molecule has 0 saturated carbocycles. The molecule has 0 aliphatic heterocycles. The van der Waals surface area contributed by atoms with Crippen molar-refractivity contribution in [3.8, 4) is 11.5 Å². The van der Waals surface area contributed by atoms with Crippen LogP contribution in [0.5, 0.6) is 11.5 Å². The zero-order chi connectivity index (χ0) is 12.8. The van der Waals surface area contributed by atoms with E-state index in [0.717, 1.165) is 31.1 Å². The Balaban J connectivity index is 2.04. The number of nitrogens with one attached hydrogen (secondary N) is 1. The molecule has 0 bridgehead atoms. The van der Waals surface area contributed by atoms with E-state index < -0.39 is 0 Å². The molecule has 18 heavy (non-hydrogen) atoms. The summed E-state index contributed by atoms with van der Waals surface area (Å²) < 4.78 is 7.62. The van der Waals surface area contributed by atoms with Crippen molar-refractivity contribution in [2.24, 2.45) is 0 Å². The Morgan fingerprint density at radius 2 is 2.17 bits per heavy atom. The molecule has 0 unspecified atom stereocenters. The van der Waals surface area contributed by atoms with Crippen LogP contribution in [0.2, 0.25) is 0 Å². The molecule has 1 aromatic heterocycles. The summed E-state index contributed by atoms with van der Waals surface area (Å²) in [6.45, 7) is 6.83. The van der Waals surface area contributed by atoms with Crippen LogP contribution in [0.4, 0.5) is 0 Å². The highest BCUT2D eigenvalue weighted by atomic mass is 16.5. The summed E-state index contributed by atoms with van der Waals surface area (Å²) in [6.07, 6.45) is 3.64. The monoisotopic (exact) mass is 245 g/mol. The second kappa shape index (κ2) is 6.21. The summed E-state index contributed by atoms with van der Waals surface area (Å²) in [5.41, 5.74) is 1.22. The van der Waals surface area contributed by atoms with E-state index in [1.54, 1.807) is 6.20 Å². The summed E-state index contributed by atoms with van der Waals surface area (Å²) >= 11 is 0. The molecule has 96 valence electrons. The van der Waals surface area contributed by atoms with Gasteiger partial charge in [-0.3, -0.25) is 4.68 Å². The first kappa shape index (κ1) is 12.6. The van der Waals surface area contributed by atoms with Crippen LogP contribution in [0, 0.1) is 0 Å². The summed E-state index contributed by atoms with van der Waals surface area (Å²) in [5, 5.41) is 7.48. The third kappa shape index (κ3) is 3.34. The van der Waals surface area contributed by atoms with E-state index in [1.165, 1.54) is 5.56 Å². The molecular weight excluding hydrogens is 226 g/mol. The summed E-state index contributed by atoms with van der Waals surface area (Å²) in [5.74, 6) is 1.62. The minimum atomic E-state index is 0.775. The first-order valence-corrected chi connectivity index (χ1v) is 6.31. The van der Waals surface area contributed by atoms with Crippen LogP contribution in [0.25, 0.3) is 0 Å². The minimum Gasteiger partial charge on any atom is -0.454 e. The van der Waals surface area contributed by atoms with Crippen molar-refractivity contribution in [3.05, 3.63) is 42.2 Å². The number of aromatic nitrogens is 2. The average molecular weight is 245 g/mol. The van der Waals surface area contributed by atoms with Gasteiger partial charge < -0.3 is 10.1 Å². The first-order chi connectivity index (χ1) is 8.81. The molecule has 2 aromatic rings. The number of hydrogen-bond donors (Lipinski definition) is 1. The first-order valence-electron chi connectivity index (χ1n) is 6.31. The van der Waals surface area contributed by atoms with Gasteiger partial charge >= 0.3 is 0 Å². The van der Waals surface area contributed by atoms with E-state index in [-0.39, 0.29) is 0 Å². The molecule has 0 fully saturated rings. The van der Waals surface area contributed by atoms with Crippen molar-refractivity contribution >= 4 is 0 Å². The Bertz CT molecular complexity index is 493. The third-order valence-electron chi connectivity index (χ3n) is 2.65. The molecule has 4 heteroatoms. The fraction of sp³-hybridized carbons (Fsp3) is 0.357. The number of aryl methyl sites for hydroxylation is 1. The Morgan fingerprint density at radius 3 is 2.89 bits per heavy atom. The number of nitrogens with zero attached hydrogens (tertiary/aromatic N) is 2. The lowest BCUT2D eigenvalue weighted by Gasteiger charge is -2.06. The standard InChI is InChI=1S/C14H19N3O/c1-3-15-9-12-6-5-7-13(8-12)18-14-10-16-17(4-2)11-14/h5-8,10-11,15H,3-4,9H2,1-2H3. The molecular formula is C14H19N3O. The lowest BCUT2D eigenvalue weighted by atomic mass is 10.2. The largest absolute Gasteiger partial charge is 0.454 e. The van der Waals surface area contributed by atoms with E-state index >= 15 is 0 Å². The maximum absolute atomic E-state index is 5.77. The molecule has 0 aliphatic carbocycles. The maximum atomic E-state index is 5.77. The smallest absolute Gasteiger partial charge is 0.165 e. The van der Waals surface area contributed by atoms with Crippen molar-refractivity contribution in [1.82, 2.24) is 15.1 Å². The minimum absolute atomic E-state index is 0.775. The van der Waals surface area contributed by atoms with Gasteiger partial charge in [-0.25, -0.2) is 0 Å². The van der Waals surface area contributed by atoms with Gasteiger partial charge in [-0.15, -0.1) is 0 Å². The molecule has 0 spiro atoms. The Labute approximate surface area is 108 Å². The second-order valence-corrected chi connectivity index (χ2v) is 4.06. The molecule has 0 aliphatic rings. The van der Waals surface area contributed by atoms with E-state index in [2.05, 4.69) is 23.4 Å². The van der Waals surface area contributed by atoms with Gasteiger partial charge in [0.2, 0.25) is 0 Å². The zero-order valence-electron chi connectivity index (χ0n) is 10.9. The third-order valence-corrected chi connectivity index (χ3v) is 2.65. The molecule has 0 amide bonds. The van der Waals surface area contributed by atoms with Crippen LogP contribution in [-0.2, 0) is 13.1 Å². The molecule has 2 rings (SSSR count). The molecule has 0 saturated heterocycles. The second-order valence-electron chi connectivity index (χ2n) is 4.06. The molecule has 1 aromatic carbocycles. The van der Waals surface area contributed by atoms with Crippen molar-refractivity contribution in [1.29, 1.82) is 0 Å². The van der Waals surface area contributed by atoms with Crippen LogP contribution in [0.1, 0.15) is 19.4 Å². The average Bonchev–Trinajstić information content (AvgIpc) is 2.84. The summed E-state index contributed by atoms with van der Waals surface area (Å²) in [7, 11) is 0. The number of benzene rings is 1. The Hall–Kier alpha value is -1.81. The van der Waals surface area contributed by atoms with Crippen LogP contribution in [0.15, 0.2) is 36.7 Å². The number of hydrogen-bond acceptors (Lipinski definition) is 3. The quantitative estimate of drug-likeness (QED) is 0.850. The maximum Gasteiger partial charge on any atom is 0.165 e. The van der Waals surface area contributed by atoms with Gasteiger partial charge in [0.05, 0.1) is 12.4 Å². The predicted octanol–water partition coefficient (Wildman–Crippen LogP) is 2.80. The van der Waals surface area contributed by atoms with Crippen LogP contribution in [-0.4, -0.2) is 16.3 Å². The molecule has 1 N–H and O–H groups in total. The van der Waals surface area contributed by atoms with Gasteiger partial charge in [0.25, 0.3) is 0 Å².